The van der Waals surface area contributed by atoms with Gasteiger partial charge in [-0.05, 0) is 96.8 Å². The minimum absolute atomic E-state index is 0.0951. The van der Waals surface area contributed by atoms with Crippen LogP contribution < -0.4 is 20.7 Å². The van der Waals surface area contributed by atoms with Crippen LogP contribution in [-0.2, 0) is 22.9 Å². The number of rotatable bonds is 10. The zero-order valence-electron chi connectivity index (χ0n) is 26.0. The second kappa shape index (κ2) is 12.3. The summed E-state index contributed by atoms with van der Waals surface area (Å²) in [6.07, 6.45) is 2.51. The molecule has 2 aliphatic rings. The van der Waals surface area contributed by atoms with Crippen LogP contribution in [0.2, 0.25) is 0 Å². The van der Waals surface area contributed by atoms with Crippen molar-refractivity contribution in [2.75, 3.05) is 42.3 Å². The van der Waals surface area contributed by atoms with E-state index in [1.54, 1.807) is 30.3 Å². The predicted molar refractivity (Wildman–Crippen MR) is 178 cm³/mol. The van der Waals surface area contributed by atoms with Crippen molar-refractivity contribution < 1.29 is 13.5 Å². The van der Waals surface area contributed by atoms with Crippen LogP contribution in [0.15, 0.2) is 68.6 Å². The number of aromatic hydroxyl groups is 1. The van der Waals surface area contributed by atoms with Crippen LogP contribution in [0.5, 0.6) is 5.88 Å². The van der Waals surface area contributed by atoms with Crippen molar-refractivity contribution >= 4 is 45.2 Å². The van der Waals surface area contributed by atoms with Crippen LogP contribution in [0.1, 0.15) is 39.7 Å². The molecule has 12 heteroatoms. The standard InChI is InChI=1S/C32H40N6O4S2/c1-7-35-26-16-14-23(44(41,42)22-13-11-12-21(18-22)33-25-20-27(25)34(5)6)19-28(26)36(8-2)29(35)17-15-24-30(39)37(9-3)32(43)38(10-4)31(24)40/h11-16,18-19,25,27,33,39H,7-10,20H2,1-6H3. The molecule has 2 aromatic carbocycles. The number of sulfone groups is 1. The Hall–Kier alpha value is -3.83. The molecule has 2 N–H and O–H groups in total. The molecule has 0 amide bonds. The lowest BCUT2D eigenvalue weighted by atomic mass is 10.2. The van der Waals surface area contributed by atoms with E-state index in [-0.39, 0.29) is 26.0 Å². The number of likely N-dealkylation sites (N-methyl/N-ethyl adjacent to an activating group) is 1. The molecule has 1 aromatic heterocycles. The first-order valence-electron chi connectivity index (χ1n) is 15.0. The minimum Gasteiger partial charge on any atom is -0.494 e. The average molecular weight is 637 g/mol. The van der Waals surface area contributed by atoms with E-state index >= 15 is 0 Å². The smallest absolute Gasteiger partial charge is 0.266 e. The monoisotopic (exact) mass is 636 g/mol. The maximum atomic E-state index is 13.8. The number of anilines is 3. The van der Waals surface area contributed by atoms with Gasteiger partial charge in [-0.3, -0.25) is 13.9 Å². The van der Waals surface area contributed by atoms with E-state index in [4.69, 9.17) is 12.2 Å². The second-order valence-corrected chi connectivity index (χ2v) is 13.4. The summed E-state index contributed by atoms with van der Waals surface area (Å²) in [5.74, 6) is 0.448. The summed E-state index contributed by atoms with van der Waals surface area (Å²) in [6, 6.07) is 12.9. The molecule has 2 heterocycles. The first-order chi connectivity index (χ1) is 21.0. The van der Waals surface area contributed by atoms with Gasteiger partial charge < -0.3 is 25.1 Å². The van der Waals surface area contributed by atoms with Crippen molar-refractivity contribution in [3.8, 4) is 5.88 Å². The minimum atomic E-state index is -3.81. The van der Waals surface area contributed by atoms with Crippen LogP contribution in [0.25, 0.3) is 6.08 Å². The fourth-order valence-corrected chi connectivity index (χ4v) is 7.59. The number of hydrogen-bond donors (Lipinski definition) is 2. The molecule has 44 heavy (non-hydrogen) atoms. The third kappa shape index (κ3) is 5.47. The molecule has 5 rings (SSSR count). The molecule has 10 nitrogen and oxygen atoms in total. The van der Waals surface area contributed by atoms with Gasteiger partial charge in [-0.15, -0.1) is 0 Å². The summed E-state index contributed by atoms with van der Waals surface area (Å²) in [7, 11) is 0.279. The van der Waals surface area contributed by atoms with Gasteiger partial charge in [0.1, 0.15) is 5.56 Å². The molecule has 2 atom stereocenters. The first-order valence-corrected chi connectivity index (χ1v) is 16.9. The summed E-state index contributed by atoms with van der Waals surface area (Å²) >= 11 is 5.41. The van der Waals surface area contributed by atoms with Gasteiger partial charge in [0.05, 0.1) is 21.2 Å². The molecule has 2 unspecified atom stereocenters. The third-order valence-electron chi connectivity index (χ3n) is 8.31. The summed E-state index contributed by atoms with van der Waals surface area (Å²) in [5, 5.41) is 14.4. The molecule has 1 aliphatic heterocycles. The topological polar surface area (TPSA) is 103 Å². The summed E-state index contributed by atoms with van der Waals surface area (Å²) < 4.78 is 30.9. The van der Waals surface area contributed by atoms with Crippen LogP contribution in [0.3, 0.4) is 0 Å². The van der Waals surface area contributed by atoms with Gasteiger partial charge in [-0.2, -0.15) is 0 Å². The van der Waals surface area contributed by atoms with E-state index in [0.29, 0.717) is 44.1 Å². The van der Waals surface area contributed by atoms with Gasteiger partial charge in [-0.25, -0.2) is 8.42 Å². The van der Waals surface area contributed by atoms with Gasteiger partial charge in [0, 0.05) is 50.0 Å². The zero-order chi connectivity index (χ0) is 31.9. The Bertz CT molecular complexity index is 1890. The Morgan fingerprint density at radius 2 is 1.64 bits per heavy atom. The molecule has 1 aliphatic carbocycles. The normalized spacial score (nSPS) is 17.6. The number of nitrogens with zero attached hydrogens (tertiary/aromatic N) is 5. The Balaban J connectivity index is 1.54. The Labute approximate surface area is 264 Å². The van der Waals surface area contributed by atoms with E-state index in [1.807, 2.05) is 63.7 Å². The van der Waals surface area contributed by atoms with Crippen molar-refractivity contribution in [2.24, 2.45) is 0 Å². The first kappa shape index (κ1) is 31.6. The Morgan fingerprint density at radius 1 is 0.977 bits per heavy atom. The Morgan fingerprint density at radius 3 is 2.25 bits per heavy atom. The summed E-state index contributed by atoms with van der Waals surface area (Å²) in [5.41, 5.74) is 5.30. The second-order valence-electron chi connectivity index (χ2n) is 11.1. The van der Waals surface area contributed by atoms with Crippen molar-refractivity contribution in [3.63, 3.8) is 0 Å². The maximum absolute atomic E-state index is 13.8. The number of nitrogens with one attached hydrogen (secondary N) is 1. The van der Waals surface area contributed by atoms with Gasteiger partial charge in [0.15, 0.2) is 10.6 Å². The van der Waals surface area contributed by atoms with Gasteiger partial charge in [0.2, 0.25) is 15.7 Å². The largest absolute Gasteiger partial charge is 0.494 e. The summed E-state index contributed by atoms with van der Waals surface area (Å²) in [6.45, 7) is 9.54. The van der Waals surface area contributed by atoms with E-state index in [1.165, 1.54) is 15.2 Å². The van der Waals surface area contributed by atoms with Gasteiger partial charge in [0.25, 0.3) is 5.56 Å². The SMILES string of the molecule is CCN1C(=C=Cc2c(O)n(CC)c(=S)n(CC)c2=O)N(CC)c2cc(S(=O)(=O)c3cccc(NC4CC4N(C)C)c3)ccc21. The molecule has 0 saturated heterocycles. The Kier molecular flexibility index (Phi) is 8.82. The highest BCUT2D eigenvalue weighted by Crippen LogP contribution is 2.43. The lowest BCUT2D eigenvalue weighted by molar-refractivity contribution is 0.394. The van der Waals surface area contributed by atoms with Crippen LogP contribution >= 0.6 is 12.2 Å². The van der Waals surface area contributed by atoms with Crippen molar-refractivity contribution in [2.45, 2.75) is 69.1 Å². The highest BCUT2D eigenvalue weighted by Gasteiger charge is 2.39. The lowest BCUT2D eigenvalue weighted by Gasteiger charge is -2.21. The molecule has 0 spiro atoms. The quantitative estimate of drug-likeness (QED) is 0.238. The molecular formula is C32H40N6O4S2. The van der Waals surface area contributed by atoms with Crippen LogP contribution in [-0.4, -0.2) is 66.8 Å². The molecule has 1 saturated carbocycles. The van der Waals surface area contributed by atoms with Crippen LogP contribution in [0.4, 0.5) is 17.1 Å². The lowest BCUT2D eigenvalue weighted by Crippen LogP contribution is -2.28. The van der Waals surface area contributed by atoms with E-state index in [9.17, 15) is 18.3 Å². The predicted octanol–water partition coefficient (Wildman–Crippen LogP) is 4.89. The number of aromatic nitrogens is 2. The fraction of sp³-hybridized carbons (Fsp3) is 0.406. The van der Waals surface area contributed by atoms with E-state index in [2.05, 4.69) is 15.9 Å². The fourth-order valence-electron chi connectivity index (χ4n) is 5.83. The number of benzene rings is 2. The summed E-state index contributed by atoms with van der Waals surface area (Å²) in [4.78, 5) is 19.8. The van der Waals surface area contributed by atoms with E-state index < -0.39 is 15.4 Å². The van der Waals surface area contributed by atoms with Crippen LogP contribution in [0, 0.1) is 4.77 Å². The van der Waals surface area contributed by atoms with Crippen molar-refractivity contribution in [1.82, 2.24) is 14.0 Å². The maximum Gasteiger partial charge on any atom is 0.266 e. The number of fused-ring (bicyclic) bond motifs is 1. The van der Waals surface area contributed by atoms with E-state index in [0.717, 1.165) is 23.5 Å². The highest BCUT2D eigenvalue weighted by atomic mass is 32.2. The highest BCUT2D eigenvalue weighted by molar-refractivity contribution is 7.91. The van der Waals surface area contributed by atoms with Gasteiger partial charge in [-0.1, -0.05) is 11.8 Å². The molecule has 3 aromatic rings. The zero-order valence-corrected chi connectivity index (χ0v) is 27.7. The average Bonchev–Trinajstić information content (AvgIpc) is 3.70. The molecule has 0 bridgehead atoms. The number of hydrogen-bond acceptors (Lipinski definition) is 9. The molecule has 1 fully saturated rings. The molecular weight excluding hydrogens is 597 g/mol. The molecule has 0 radical (unpaired) electrons. The van der Waals surface area contributed by atoms with Gasteiger partial charge >= 0.3 is 0 Å². The molecule has 234 valence electrons. The third-order valence-corrected chi connectivity index (χ3v) is 10.5. The van der Waals surface area contributed by atoms with Crippen molar-refractivity contribution in [1.29, 1.82) is 0 Å². The van der Waals surface area contributed by atoms with Crippen molar-refractivity contribution in [3.05, 3.63) is 74.7 Å².